The average Bonchev–Trinajstić information content (AvgIpc) is 3.38. The number of hydrazone groups is 1. The number of likely N-dealkylation sites (N-methyl/N-ethyl adjacent to an activating group) is 1. The fourth-order valence-electron chi connectivity index (χ4n) is 4.25. The third-order valence-corrected chi connectivity index (χ3v) is 6.31. The van der Waals surface area contributed by atoms with E-state index in [2.05, 4.69) is 5.10 Å². The number of rotatable bonds is 7. The molecule has 204 valence electrons. The molecular formula is C28H25F4N3O4. The van der Waals surface area contributed by atoms with Crippen molar-refractivity contribution in [3.8, 4) is 11.5 Å². The van der Waals surface area contributed by atoms with E-state index in [0.717, 1.165) is 29.2 Å². The van der Waals surface area contributed by atoms with Crippen LogP contribution in [0.3, 0.4) is 0 Å². The Morgan fingerprint density at radius 3 is 2.21 bits per heavy atom. The molecule has 1 unspecified atom stereocenters. The third-order valence-electron chi connectivity index (χ3n) is 6.31. The number of benzene rings is 3. The smallest absolute Gasteiger partial charge is 0.416 e. The molecule has 3 aromatic rings. The summed E-state index contributed by atoms with van der Waals surface area (Å²) in [6, 6.07) is 14.1. The highest BCUT2D eigenvalue weighted by atomic mass is 19.4. The lowest BCUT2D eigenvalue weighted by Gasteiger charge is -2.25. The lowest BCUT2D eigenvalue weighted by Crippen LogP contribution is -2.39. The van der Waals surface area contributed by atoms with E-state index < -0.39 is 35.4 Å². The predicted octanol–water partition coefficient (Wildman–Crippen LogP) is 5.31. The largest absolute Gasteiger partial charge is 0.493 e. The summed E-state index contributed by atoms with van der Waals surface area (Å²) in [4.78, 5) is 27.4. The zero-order valence-corrected chi connectivity index (χ0v) is 21.3. The number of nitrogens with zero attached hydrogens (tertiary/aromatic N) is 3. The van der Waals surface area contributed by atoms with E-state index in [1.165, 1.54) is 38.4 Å². The Labute approximate surface area is 222 Å². The molecule has 1 aliphatic rings. The van der Waals surface area contributed by atoms with Crippen LogP contribution in [0, 0.1) is 5.82 Å². The molecule has 0 bridgehead atoms. The van der Waals surface area contributed by atoms with Crippen LogP contribution in [-0.4, -0.2) is 55.2 Å². The van der Waals surface area contributed by atoms with Crippen LogP contribution in [0.15, 0.2) is 71.8 Å². The number of halogens is 4. The molecule has 1 aliphatic heterocycles. The quantitative estimate of drug-likeness (QED) is 0.379. The fourth-order valence-corrected chi connectivity index (χ4v) is 4.25. The molecule has 1 heterocycles. The Balaban J connectivity index is 1.59. The first-order chi connectivity index (χ1) is 18.5. The number of ether oxygens (including phenoxy) is 2. The number of methoxy groups -OCH3 is 2. The summed E-state index contributed by atoms with van der Waals surface area (Å²) >= 11 is 0. The lowest BCUT2D eigenvalue weighted by atomic mass is 9.98. The predicted molar refractivity (Wildman–Crippen MR) is 135 cm³/mol. The third kappa shape index (κ3) is 6.02. The van der Waals surface area contributed by atoms with Gasteiger partial charge in [0.25, 0.3) is 11.8 Å². The number of amides is 2. The number of alkyl halides is 3. The normalized spacial score (nSPS) is 15.1. The first-order valence-electron chi connectivity index (χ1n) is 11.8. The van der Waals surface area contributed by atoms with Gasteiger partial charge in [-0.05, 0) is 59.7 Å². The Morgan fingerprint density at radius 2 is 1.62 bits per heavy atom. The van der Waals surface area contributed by atoms with Crippen molar-refractivity contribution < 1.29 is 36.6 Å². The van der Waals surface area contributed by atoms with Gasteiger partial charge < -0.3 is 14.4 Å². The van der Waals surface area contributed by atoms with Crippen LogP contribution in [0.5, 0.6) is 11.5 Å². The average molecular weight is 544 g/mol. The second kappa shape index (κ2) is 11.1. The molecule has 0 aliphatic carbocycles. The summed E-state index contributed by atoms with van der Waals surface area (Å²) in [5.74, 6) is -0.604. The van der Waals surface area contributed by atoms with Gasteiger partial charge in [-0.25, -0.2) is 9.40 Å². The van der Waals surface area contributed by atoms with Crippen LogP contribution < -0.4 is 9.47 Å². The summed E-state index contributed by atoms with van der Waals surface area (Å²) in [7, 11) is 4.37. The van der Waals surface area contributed by atoms with Crippen LogP contribution in [0.25, 0.3) is 0 Å². The highest BCUT2D eigenvalue weighted by molar-refractivity contribution is 6.03. The first-order valence-corrected chi connectivity index (χ1v) is 11.8. The minimum atomic E-state index is -4.53. The standard InChI is InChI=1S/C28H25F4N3O4/c1-34(27(37)18-4-9-20(10-5-18)28(30,31)32)16-26(36)35-23(19-8-13-24(38-2)25(14-19)39-3)15-22(33-35)17-6-11-21(29)12-7-17/h4-14,23H,15-16H2,1-3H3. The molecular weight excluding hydrogens is 518 g/mol. The first kappa shape index (κ1) is 27.6. The maximum absolute atomic E-state index is 13.5. The zero-order chi connectivity index (χ0) is 28.3. The molecule has 0 fully saturated rings. The van der Waals surface area contributed by atoms with Gasteiger partial charge in [-0.3, -0.25) is 9.59 Å². The Hall–Kier alpha value is -4.41. The maximum atomic E-state index is 13.5. The molecule has 0 radical (unpaired) electrons. The lowest BCUT2D eigenvalue weighted by molar-refractivity contribution is -0.137. The minimum absolute atomic E-state index is 0.00617. The zero-order valence-electron chi connectivity index (χ0n) is 21.3. The molecule has 0 saturated carbocycles. The van der Waals surface area contributed by atoms with Crippen LogP contribution in [-0.2, 0) is 11.0 Å². The summed E-state index contributed by atoms with van der Waals surface area (Å²) in [5, 5.41) is 5.77. The molecule has 1 atom stereocenters. The highest BCUT2D eigenvalue weighted by Gasteiger charge is 2.35. The topological polar surface area (TPSA) is 71.4 Å². The van der Waals surface area contributed by atoms with Crippen molar-refractivity contribution in [3.63, 3.8) is 0 Å². The Bertz CT molecular complexity index is 1390. The van der Waals surface area contributed by atoms with Crippen LogP contribution in [0.2, 0.25) is 0 Å². The number of hydrogen-bond acceptors (Lipinski definition) is 5. The SMILES string of the molecule is COc1ccc(C2CC(c3ccc(F)cc3)=NN2C(=O)CN(C)C(=O)c2ccc(C(F)(F)F)cc2)cc1OC. The summed E-state index contributed by atoms with van der Waals surface area (Å²) in [5.41, 5.74) is 0.992. The van der Waals surface area contributed by atoms with Crippen molar-refractivity contribution in [2.24, 2.45) is 5.10 Å². The summed E-state index contributed by atoms with van der Waals surface area (Å²) < 4.78 is 62.8. The number of carbonyl (C=O) groups excluding carboxylic acids is 2. The van der Waals surface area contributed by atoms with Gasteiger partial charge in [0.15, 0.2) is 11.5 Å². The van der Waals surface area contributed by atoms with Crippen molar-refractivity contribution >= 4 is 17.5 Å². The van der Waals surface area contributed by atoms with Gasteiger partial charge in [-0.15, -0.1) is 0 Å². The van der Waals surface area contributed by atoms with Crippen molar-refractivity contribution in [2.45, 2.75) is 18.6 Å². The van der Waals surface area contributed by atoms with Crippen molar-refractivity contribution in [1.82, 2.24) is 9.91 Å². The van der Waals surface area contributed by atoms with Crippen molar-refractivity contribution in [3.05, 3.63) is 94.8 Å². The molecule has 11 heteroatoms. The van der Waals surface area contributed by atoms with Gasteiger partial charge >= 0.3 is 6.18 Å². The molecule has 0 spiro atoms. The molecule has 0 N–H and O–H groups in total. The molecule has 2 amide bonds. The van der Waals surface area contributed by atoms with E-state index in [9.17, 15) is 27.2 Å². The van der Waals surface area contributed by atoms with E-state index in [0.29, 0.717) is 34.8 Å². The van der Waals surface area contributed by atoms with E-state index in [1.54, 1.807) is 30.3 Å². The van der Waals surface area contributed by atoms with Crippen LogP contribution in [0.1, 0.15) is 39.5 Å². The van der Waals surface area contributed by atoms with Crippen LogP contribution >= 0.6 is 0 Å². The van der Waals surface area contributed by atoms with E-state index in [1.807, 2.05) is 0 Å². The molecule has 0 aromatic heterocycles. The van der Waals surface area contributed by atoms with Crippen molar-refractivity contribution in [2.75, 3.05) is 27.8 Å². The second-order valence-corrected chi connectivity index (χ2v) is 8.86. The highest BCUT2D eigenvalue weighted by Crippen LogP contribution is 2.37. The Morgan fingerprint density at radius 1 is 0.974 bits per heavy atom. The molecule has 4 rings (SSSR count). The minimum Gasteiger partial charge on any atom is -0.493 e. The maximum Gasteiger partial charge on any atom is 0.416 e. The van der Waals surface area contributed by atoms with Gasteiger partial charge in [-0.2, -0.15) is 18.3 Å². The Kier molecular flexibility index (Phi) is 7.89. The van der Waals surface area contributed by atoms with E-state index in [-0.39, 0.29) is 12.1 Å². The molecule has 3 aromatic carbocycles. The summed E-state index contributed by atoms with van der Waals surface area (Å²) in [6.07, 6.45) is -4.22. The molecule has 39 heavy (non-hydrogen) atoms. The van der Waals surface area contributed by atoms with Crippen molar-refractivity contribution in [1.29, 1.82) is 0 Å². The van der Waals surface area contributed by atoms with Crippen LogP contribution in [0.4, 0.5) is 17.6 Å². The van der Waals surface area contributed by atoms with Gasteiger partial charge in [0.1, 0.15) is 12.4 Å². The van der Waals surface area contributed by atoms with Gasteiger partial charge in [-0.1, -0.05) is 18.2 Å². The second-order valence-electron chi connectivity index (χ2n) is 8.86. The van der Waals surface area contributed by atoms with E-state index in [4.69, 9.17) is 9.47 Å². The molecule has 7 nitrogen and oxygen atoms in total. The van der Waals surface area contributed by atoms with E-state index >= 15 is 0 Å². The number of carbonyl (C=O) groups is 2. The van der Waals surface area contributed by atoms with Gasteiger partial charge in [0, 0.05) is 19.0 Å². The fraction of sp³-hybridized carbons (Fsp3) is 0.250. The van der Waals surface area contributed by atoms with Gasteiger partial charge in [0.05, 0.1) is 31.5 Å². The number of hydrogen-bond donors (Lipinski definition) is 0. The van der Waals surface area contributed by atoms with Gasteiger partial charge in [0.2, 0.25) is 0 Å². The summed E-state index contributed by atoms with van der Waals surface area (Å²) in [6.45, 7) is -0.385. The monoisotopic (exact) mass is 543 g/mol. The molecule has 0 saturated heterocycles.